The number of rotatable bonds is 3. The maximum absolute atomic E-state index is 9.00. The van der Waals surface area contributed by atoms with E-state index < -0.39 is 5.97 Å². The number of carbonyl (C=O) groups excluding carboxylic acids is 1. The number of aldehydes is 1. The molecule has 0 heterocycles. The number of aliphatic carboxylic acids is 1. The third kappa shape index (κ3) is 4.86. The zero-order valence-electron chi connectivity index (χ0n) is 11.0. The van der Waals surface area contributed by atoms with Crippen LogP contribution in [0, 0.1) is 0 Å². The van der Waals surface area contributed by atoms with Crippen molar-refractivity contribution in [3.05, 3.63) is 59.1 Å². The standard InChI is InChI=1S/C14H13Cl.C2H2O3/c1-2-11-10-13(15)8-9-14(11)12-6-4-3-5-7-12;3-1-2(4)5/h3-10H,2H2,1H3;1H,(H,4,5). The van der Waals surface area contributed by atoms with E-state index in [0.717, 1.165) is 11.4 Å². The second-order valence-corrected chi connectivity index (χ2v) is 4.41. The lowest BCUT2D eigenvalue weighted by Gasteiger charge is -2.08. The summed E-state index contributed by atoms with van der Waals surface area (Å²) in [5, 5.41) is 8.17. The summed E-state index contributed by atoms with van der Waals surface area (Å²) >= 11 is 5.98. The van der Waals surface area contributed by atoms with Gasteiger partial charge in [0.25, 0.3) is 0 Å². The summed E-state index contributed by atoms with van der Waals surface area (Å²) in [6, 6.07) is 16.5. The van der Waals surface area contributed by atoms with Crippen molar-refractivity contribution in [2.75, 3.05) is 0 Å². The molecule has 2 rings (SSSR count). The Hall–Kier alpha value is -2.13. The average molecular weight is 291 g/mol. The van der Waals surface area contributed by atoms with Gasteiger partial charge in [0, 0.05) is 5.02 Å². The summed E-state index contributed by atoms with van der Waals surface area (Å²) in [5.74, 6) is -1.43. The highest BCUT2D eigenvalue weighted by Gasteiger charge is 2.03. The molecule has 4 heteroatoms. The first-order chi connectivity index (χ1) is 9.58. The first kappa shape index (κ1) is 15.9. The molecule has 0 bridgehead atoms. The van der Waals surface area contributed by atoms with Crippen molar-refractivity contribution in [2.45, 2.75) is 13.3 Å². The van der Waals surface area contributed by atoms with E-state index in [0.29, 0.717) is 0 Å². The molecule has 0 fully saturated rings. The monoisotopic (exact) mass is 290 g/mol. The van der Waals surface area contributed by atoms with E-state index in [2.05, 4.69) is 37.3 Å². The van der Waals surface area contributed by atoms with E-state index in [1.54, 1.807) is 0 Å². The summed E-state index contributed by atoms with van der Waals surface area (Å²) < 4.78 is 0. The molecule has 2 aromatic carbocycles. The van der Waals surface area contributed by atoms with Gasteiger partial charge in [-0.15, -0.1) is 0 Å². The minimum atomic E-state index is -1.43. The van der Waals surface area contributed by atoms with E-state index in [1.165, 1.54) is 16.7 Å². The molecule has 0 spiro atoms. The second kappa shape index (κ2) is 8.12. The van der Waals surface area contributed by atoms with E-state index in [9.17, 15) is 0 Å². The largest absolute Gasteiger partial charge is 0.476 e. The van der Waals surface area contributed by atoms with Gasteiger partial charge in [0.05, 0.1) is 0 Å². The third-order valence-electron chi connectivity index (χ3n) is 2.63. The molecule has 0 amide bonds. The molecule has 104 valence electrons. The molecule has 0 atom stereocenters. The fourth-order valence-electron chi connectivity index (χ4n) is 1.75. The van der Waals surface area contributed by atoms with Crippen LogP contribution in [0.4, 0.5) is 0 Å². The summed E-state index contributed by atoms with van der Waals surface area (Å²) in [4.78, 5) is 17.9. The average Bonchev–Trinajstić information content (AvgIpc) is 2.48. The number of carboxylic acids is 1. The lowest BCUT2D eigenvalue weighted by atomic mass is 9.98. The lowest BCUT2D eigenvalue weighted by molar-refractivity contribution is -0.143. The fraction of sp³-hybridized carbons (Fsp3) is 0.125. The Morgan fingerprint density at radius 3 is 2.30 bits per heavy atom. The number of halogens is 1. The van der Waals surface area contributed by atoms with Gasteiger partial charge in [-0.1, -0.05) is 54.9 Å². The summed E-state index contributed by atoms with van der Waals surface area (Å²) in [6.07, 6.45) is 0.838. The molecule has 0 unspecified atom stereocenters. The van der Waals surface area contributed by atoms with Gasteiger partial charge >= 0.3 is 5.97 Å². The molecule has 0 aliphatic heterocycles. The number of carboxylic acid groups (broad SMARTS) is 1. The predicted octanol–water partition coefficient (Wildman–Crippen LogP) is 3.84. The fourth-order valence-corrected chi connectivity index (χ4v) is 1.95. The zero-order valence-corrected chi connectivity index (χ0v) is 11.8. The SMILES string of the molecule is CCc1cc(Cl)ccc1-c1ccccc1.O=CC(=O)O. The molecule has 1 N–H and O–H groups in total. The van der Waals surface area contributed by atoms with Crippen molar-refractivity contribution >= 4 is 23.9 Å². The second-order valence-electron chi connectivity index (χ2n) is 3.98. The van der Waals surface area contributed by atoms with Crippen molar-refractivity contribution in [1.29, 1.82) is 0 Å². The van der Waals surface area contributed by atoms with Gasteiger partial charge in [-0.3, -0.25) is 4.79 Å². The van der Waals surface area contributed by atoms with Crippen LogP contribution in [-0.2, 0) is 16.0 Å². The van der Waals surface area contributed by atoms with Crippen LogP contribution >= 0.6 is 11.6 Å². The maximum Gasteiger partial charge on any atom is 0.368 e. The van der Waals surface area contributed by atoms with Gasteiger partial charge in [-0.25, -0.2) is 4.79 Å². The highest BCUT2D eigenvalue weighted by molar-refractivity contribution is 6.30. The summed E-state index contributed by atoms with van der Waals surface area (Å²) in [6.45, 7) is 2.15. The van der Waals surface area contributed by atoms with Crippen molar-refractivity contribution < 1.29 is 14.7 Å². The number of benzene rings is 2. The lowest BCUT2D eigenvalue weighted by Crippen LogP contribution is -1.91. The first-order valence-electron chi connectivity index (χ1n) is 6.10. The van der Waals surface area contributed by atoms with Gasteiger partial charge in [-0.05, 0) is 35.2 Å². The van der Waals surface area contributed by atoms with Crippen LogP contribution in [-0.4, -0.2) is 17.4 Å². The third-order valence-corrected chi connectivity index (χ3v) is 2.87. The number of aryl methyl sites for hydroxylation is 1. The quantitative estimate of drug-likeness (QED) is 0.690. The maximum atomic E-state index is 9.00. The van der Waals surface area contributed by atoms with Crippen molar-refractivity contribution in [3.63, 3.8) is 0 Å². The van der Waals surface area contributed by atoms with Crippen LogP contribution in [0.2, 0.25) is 5.02 Å². The highest BCUT2D eigenvalue weighted by atomic mass is 35.5. The van der Waals surface area contributed by atoms with Crippen molar-refractivity contribution in [3.8, 4) is 11.1 Å². The van der Waals surface area contributed by atoms with Crippen LogP contribution in [0.1, 0.15) is 12.5 Å². The van der Waals surface area contributed by atoms with Crippen molar-refractivity contribution in [2.24, 2.45) is 0 Å². The summed E-state index contributed by atoms with van der Waals surface area (Å²) in [5.41, 5.74) is 3.84. The molecule has 3 nitrogen and oxygen atoms in total. The summed E-state index contributed by atoms with van der Waals surface area (Å²) in [7, 11) is 0. The minimum absolute atomic E-state index is 0.167. The Kier molecular flexibility index (Phi) is 6.47. The number of hydrogen-bond acceptors (Lipinski definition) is 2. The number of carbonyl (C=O) groups is 2. The molecule has 0 radical (unpaired) electrons. The van der Waals surface area contributed by atoms with Crippen LogP contribution in [0.25, 0.3) is 11.1 Å². The topological polar surface area (TPSA) is 54.4 Å². The minimum Gasteiger partial charge on any atom is -0.476 e. The molecule has 2 aromatic rings. The van der Waals surface area contributed by atoms with E-state index in [1.807, 2.05) is 18.2 Å². The van der Waals surface area contributed by atoms with Crippen LogP contribution < -0.4 is 0 Å². The Bertz CT molecular complexity index is 580. The molecule has 20 heavy (non-hydrogen) atoms. The normalized spacial score (nSPS) is 9.30. The van der Waals surface area contributed by atoms with Gasteiger partial charge in [-0.2, -0.15) is 0 Å². The molecule has 0 aliphatic carbocycles. The zero-order chi connectivity index (χ0) is 15.0. The van der Waals surface area contributed by atoms with E-state index in [-0.39, 0.29) is 6.29 Å². The van der Waals surface area contributed by atoms with Gasteiger partial charge in [0.15, 0.2) is 0 Å². The van der Waals surface area contributed by atoms with Crippen LogP contribution in [0.5, 0.6) is 0 Å². The first-order valence-corrected chi connectivity index (χ1v) is 6.48. The molecular weight excluding hydrogens is 276 g/mol. The van der Waals surface area contributed by atoms with E-state index >= 15 is 0 Å². The van der Waals surface area contributed by atoms with Gasteiger partial charge in [0.2, 0.25) is 6.29 Å². The molecule has 0 saturated carbocycles. The van der Waals surface area contributed by atoms with Crippen LogP contribution in [0.15, 0.2) is 48.5 Å². The van der Waals surface area contributed by atoms with Gasteiger partial charge < -0.3 is 5.11 Å². The Morgan fingerprint density at radius 2 is 1.80 bits per heavy atom. The van der Waals surface area contributed by atoms with Crippen LogP contribution in [0.3, 0.4) is 0 Å². The Labute approximate surface area is 122 Å². The van der Waals surface area contributed by atoms with Gasteiger partial charge in [0.1, 0.15) is 0 Å². The predicted molar refractivity (Wildman–Crippen MR) is 80.0 cm³/mol. The smallest absolute Gasteiger partial charge is 0.368 e. The van der Waals surface area contributed by atoms with E-state index in [4.69, 9.17) is 26.3 Å². The molecule has 0 aromatic heterocycles. The van der Waals surface area contributed by atoms with Crippen molar-refractivity contribution in [1.82, 2.24) is 0 Å². The molecule has 0 aliphatic rings. The molecular formula is C16H15ClO3. The Balaban J connectivity index is 0.000000347. The number of hydrogen-bond donors (Lipinski definition) is 1. The Morgan fingerprint density at radius 1 is 1.20 bits per heavy atom. The highest BCUT2D eigenvalue weighted by Crippen LogP contribution is 2.26. The molecule has 0 saturated heterocycles.